The molecule has 166 valence electrons. The van der Waals surface area contributed by atoms with Crippen molar-refractivity contribution >= 4 is 31.7 Å². The summed E-state index contributed by atoms with van der Waals surface area (Å²) in [5.74, 6) is 0.221. The van der Waals surface area contributed by atoms with Gasteiger partial charge in [0.2, 0.25) is 21.7 Å². The standard InChI is InChI=1S/C24H18BrN3O4S/c1-15-2-3-17(10-21(15)25)23(29)22-11-18-13-28(14-19(18)12-27-22)33(30,31)20-6-4-16(5-7-20)24-26-8-9-32-24/h2-12H,13-14H2,1H3. The summed E-state index contributed by atoms with van der Waals surface area (Å²) in [6, 6.07) is 13.5. The predicted octanol–water partition coefficient (Wildman–Crippen LogP) is 4.74. The molecule has 1 aliphatic heterocycles. The molecule has 0 saturated heterocycles. The van der Waals surface area contributed by atoms with Crippen LogP contribution in [0.1, 0.15) is 32.7 Å². The van der Waals surface area contributed by atoms with Crippen molar-refractivity contribution in [3.05, 3.63) is 99.6 Å². The van der Waals surface area contributed by atoms with Gasteiger partial charge >= 0.3 is 0 Å². The molecule has 0 radical (unpaired) electrons. The zero-order valence-electron chi connectivity index (χ0n) is 17.5. The van der Waals surface area contributed by atoms with Gasteiger partial charge in [-0.2, -0.15) is 4.31 Å². The van der Waals surface area contributed by atoms with Gasteiger partial charge in [0, 0.05) is 34.9 Å². The Morgan fingerprint density at radius 2 is 1.79 bits per heavy atom. The molecule has 33 heavy (non-hydrogen) atoms. The van der Waals surface area contributed by atoms with Crippen LogP contribution in [-0.2, 0) is 23.1 Å². The van der Waals surface area contributed by atoms with Gasteiger partial charge in [0.05, 0.1) is 11.1 Å². The van der Waals surface area contributed by atoms with Gasteiger partial charge in [0.1, 0.15) is 12.0 Å². The van der Waals surface area contributed by atoms with Gasteiger partial charge in [0.25, 0.3) is 0 Å². The Morgan fingerprint density at radius 1 is 1.03 bits per heavy atom. The third-order valence-corrected chi connectivity index (χ3v) is 8.27. The molecule has 0 saturated carbocycles. The van der Waals surface area contributed by atoms with Crippen LogP contribution in [0, 0.1) is 6.92 Å². The van der Waals surface area contributed by atoms with Crippen molar-refractivity contribution in [3.8, 4) is 11.5 Å². The Hall–Kier alpha value is -3.14. The summed E-state index contributed by atoms with van der Waals surface area (Å²) in [5, 5.41) is 0. The van der Waals surface area contributed by atoms with E-state index in [9.17, 15) is 13.2 Å². The molecule has 0 atom stereocenters. The summed E-state index contributed by atoms with van der Waals surface area (Å²) in [6.45, 7) is 2.33. The number of rotatable bonds is 5. The largest absolute Gasteiger partial charge is 0.445 e. The predicted molar refractivity (Wildman–Crippen MR) is 125 cm³/mol. The van der Waals surface area contributed by atoms with Crippen LogP contribution in [0.15, 0.2) is 81.0 Å². The number of hydrogen-bond donors (Lipinski definition) is 0. The maximum Gasteiger partial charge on any atom is 0.243 e. The Morgan fingerprint density at radius 3 is 2.48 bits per heavy atom. The third kappa shape index (κ3) is 4.03. The zero-order valence-corrected chi connectivity index (χ0v) is 19.9. The summed E-state index contributed by atoms with van der Waals surface area (Å²) in [6.07, 6.45) is 4.59. The second-order valence-electron chi connectivity index (χ2n) is 7.77. The van der Waals surface area contributed by atoms with E-state index in [-0.39, 0.29) is 23.8 Å². The molecular formula is C24H18BrN3O4S. The van der Waals surface area contributed by atoms with Crippen LogP contribution in [-0.4, -0.2) is 28.5 Å². The minimum absolute atomic E-state index is 0.180. The number of aromatic nitrogens is 2. The molecule has 3 heterocycles. The van der Waals surface area contributed by atoms with Crippen molar-refractivity contribution in [2.75, 3.05) is 0 Å². The number of halogens is 1. The first-order valence-electron chi connectivity index (χ1n) is 10.1. The van der Waals surface area contributed by atoms with E-state index in [4.69, 9.17) is 4.42 Å². The fraction of sp³-hybridized carbons (Fsp3) is 0.125. The monoisotopic (exact) mass is 523 g/mol. The van der Waals surface area contributed by atoms with Crippen LogP contribution in [0.2, 0.25) is 0 Å². The summed E-state index contributed by atoms with van der Waals surface area (Å²) in [4.78, 5) is 21.5. The lowest BCUT2D eigenvalue weighted by atomic mass is 10.0. The molecule has 2 aromatic heterocycles. The molecule has 0 amide bonds. The van der Waals surface area contributed by atoms with E-state index < -0.39 is 10.0 Å². The molecule has 0 N–H and O–H groups in total. The fourth-order valence-electron chi connectivity index (χ4n) is 3.71. The van der Waals surface area contributed by atoms with Crippen molar-refractivity contribution in [2.24, 2.45) is 0 Å². The first kappa shape index (κ1) is 21.7. The molecule has 2 aromatic carbocycles. The zero-order chi connectivity index (χ0) is 23.2. The lowest BCUT2D eigenvalue weighted by Crippen LogP contribution is -2.25. The SMILES string of the molecule is Cc1ccc(C(=O)c2cc3c(cn2)CN(S(=O)(=O)c2ccc(-c4ncco4)cc2)C3)cc1Br. The average molecular weight is 524 g/mol. The van der Waals surface area contributed by atoms with Crippen LogP contribution in [0.4, 0.5) is 0 Å². The van der Waals surface area contributed by atoms with Gasteiger partial charge in [-0.3, -0.25) is 9.78 Å². The molecular weight excluding hydrogens is 506 g/mol. The van der Waals surface area contributed by atoms with Crippen molar-refractivity contribution in [3.63, 3.8) is 0 Å². The Bertz CT molecular complexity index is 1470. The van der Waals surface area contributed by atoms with E-state index in [0.29, 0.717) is 22.7 Å². The summed E-state index contributed by atoms with van der Waals surface area (Å²) >= 11 is 3.45. The van der Waals surface area contributed by atoms with Crippen LogP contribution in [0.3, 0.4) is 0 Å². The molecule has 7 nitrogen and oxygen atoms in total. The molecule has 0 bridgehead atoms. The van der Waals surface area contributed by atoms with E-state index in [1.54, 1.807) is 48.7 Å². The number of pyridine rings is 1. The van der Waals surface area contributed by atoms with Crippen molar-refractivity contribution < 1.29 is 17.6 Å². The average Bonchev–Trinajstić information content (AvgIpc) is 3.50. The fourth-order valence-corrected chi connectivity index (χ4v) is 5.49. The van der Waals surface area contributed by atoms with E-state index in [1.165, 1.54) is 16.8 Å². The van der Waals surface area contributed by atoms with Crippen molar-refractivity contribution in [2.45, 2.75) is 24.9 Å². The molecule has 0 unspecified atom stereocenters. The number of sulfonamides is 1. The van der Waals surface area contributed by atoms with E-state index in [1.807, 2.05) is 13.0 Å². The van der Waals surface area contributed by atoms with Crippen LogP contribution >= 0.6 is 15.9 Å². The Kier molecular flexibility index (Phi) is 5.48. The van der Waals surface area contributed by atoms with Crippen LogP contribution in [0.5, 0.6) is 0 Å². The smallest absolute Gasteiger partial charge is 0.243 e. The van der Waals surface area contributed by atoms with Crippen molar-refractivity contribution in [1.82, 2.24) is 14.3 Å². The molecule has 0 spiro atoms. The summed E-state index contributed by atoms with van der Waals surface area (Å²) < 4.78 is 33.9. The second kappa shape index (κ2) is 8.33. The van der Waals surface area contributed by atoms with Crippen LogP contribution < -0.4 is 0 Å². The third-order valence-electron chi connectivity index (χ3n) is 5.61. The van der Waals surface area contributed by atoms with E-state index in [0.717, 1.165) is 21.2 Å². The topological polar surface area (TPSA) is 93.4 Å². The maximum absolute atomic E-state index is 13.2. The number of aryl methyl sites for hydroxylation is 1. The van der Waals surface area contributed by atoms with Crippen molar-refractivity contribution in [1.29, 1.82) is 0 Å². The lowest BCUT2D eigenvalue weighted by molar-refractivity contribution is 0.103. The molecule has 5 rings (SSSR count). The number of carbonyl (C=O) groups excluding carboxylic acids is 1. The Labute approximate surface area is 199 Å². The van der Waals surface area contributed by atoms with Gasteiger partial charge in [-0.15, -0.1) is 0 Å². The Balaban J connectivity index is 1.37. The first-order chi connectivity index (χ1) is 15.8. The normalized spacial score (nSPS) is 13.8. The van der Waals surface area contributed by atoms with E-state index in [2.05, 4.69) is 25.9 Å². The number of fused-ring (bicyclic) bond motifs is 1. The van der Waals surface area contributed by atoms with Crippen LogP contribution in [0.25, 0.3) is 11.5 Å². The van der Waals surface area contributed by atoms with Gasteiger partial charge < -0.3 is 4.42 Å². The lowest BCUT2D eigenvalue weighted by Gasteiger charge is -2.15. The minimum atomic E-state index is -3.72. The highest BCUT2D eigenvalue weighted by Crippen LogP contribution is 2.30. The highest BCUT2D eigenvalue weighted by Gasteiger charge is 2.31. The van der Waals surface area contributed by atoms with Gasteiger partial charge in [-0.1, -0.05) is 28.1 Å². The van der Waals surface area contributed by atoms with Gasteiger partial charge in [-0.05, 0) is 60.0 Å². The quantitative estimate of drug-likeness (QED) is 0.350. The second-order valence-corrected chi connectivity index (χ2v) is 10.6. The summed E-state index contributed by atoms with van der Waals surface area (Å²) in [5.41, 5.74) is 4.10. The maximum atomic E-state index is 13.2. The van der Waals surface area contributed by atoms with Gasteiger partial charge in [0.15, 0.2) is 0 Å². The molecule has 1 aliphatic rings. The molecule has 9 heteroatoms. The van der Waals surface area contributed by atoms with Gasteiger partial charge in [-0.25, -0.2) is 13.4 Å². The molecule has 0 aliphatic carbocycles. The number of hydrogen-bond acceptors (Lipinski definition) is 6. The molecule has 0 fully saturated rings. The number of oxazole rings is 1. The number of nitrogens with zero attached hydrogens (tertiary/aromatic N) is 3. The number of benzene rings is 2. The number of carbonyl (C=O) groups is 1. The molecule has 4 aromatic rings. The van der Waals surface area contributed by atoms with E-state index >= 15 is 0 Å². The highest BCUT2D eigenvalue weighted by atomic mass is 79.9. The number of ketones is 1. The first-order valence-corrected chi connectivity index (χ1v) is 12.3. The minimum Gasteiger partial charge on any atom is -0.445 e. The highest BCUT2D eigenvalue weighted by molar-refractivity contribution is 9.10. The summed E-state index contributed by atoms with van der Waals surface area (Å²) in [7, 11) is -3.72.